The quantitative estimate of drug-likeness (QED) is 0.540. The van der Waals surface area contributed by atoms with E-state index in [4.69, 9.17) is 4.52 Å². The number of rotatable bonds is 7. The molecule has 2 aromatic heterocycles. The van der Waals surface area contributed by atoms with Crippen LogP contribution in [0.2, 0.25) is 0 Å². The fraction of sp³-hybridized carbons (Fsp3) is 0.375. The van der Waals surface area contributed by atoms with Crippen molar-refractivity contribution in [2.24, 2.45) is 11.8 Å². The first kappa shape index (κ1) is 24.4. The number of likely N-dealkylation sites (tertiary alicyclic amines) is 1. The number of benzene rings is 1. The molecule has 8 nitrogen and oxygen atoms in total. The molecular weight excluding hydrogens is 463 g/mol. The molecule has 184 valence electrons. The van der Waals surface area contributed by atoms with Gasteiger partial charge in [0.1, 0.15) is 6.04 Å². The molecule has 1 aliphatic heterocycles. The summed E-state index contributed by atoms with van der Waals surface area (Å²) in [5.74, 6) is -0.798. The molecule has 0 radical (unpaired) electrons. The first-order chi connectivity index (χ1) is 16.6. The van der Waals surface area contributed by atoms with Gasteiger partial charge in [-0.05, 0) is 35.7 Å². The maximum absolute atomic E-state index is 13.0. The van der Waals surface area contributed by atoms with Gasteiger partial charge in [0.25, 0.3) is 0 Å². The Bertz CT molecular complexity index is 1200. The first-order valence-corrected chi connectivity index (χ1v) is 11.1. The van der Waals surface area contributed by atoms with Gasteiger partial charge in [-0.25, -0.2) is 0 Å². The molecule has 1 aliphatic rings. The number of carbonyl (C=O) groups excluding carboxylic acids is 2. The van der Waals surface area contributed by atoms with Crippen molar-refractivity contribution in [1.82, 2.24) is 25.3 Å². The average molecular weight is 487 g/mol. The third kappa shape index (κ3) is 5.67. The highest BCUT2D eigenvalue weighted by Gasteiger charge is 2.37. The Morgan fingerprint density at radius 2 is 2.06 bits per heavy atom. The number of aromatic nitrogens is 3. The van der Waals surface area contributed by atoms with E-state index < -0.39 is 23.7 Å². The first-order valence-electron chi connectivity index (χ1n) is 11.1. The van der Waals surface area contributed by atoms with Gasteiger partial charge in [-0.1, -0.05) is 31.1 Å². The predicted molar refractivity (Wildman–Crippen MR) is 118 cm³/mol. The number of halogens is 3. The van der Waals surface area contributed by atoms with Gasteiger partial charge in [0.05, 0.1) is 11.5 Å². The van der Waals surface area contributed by atoms with Crippen molar-refractivity contribution in [3.63, 3.8) is 0 Å². The number of alkyl halides is 3. The lowest BCUT2D eigenvalue weighted by molar-refractivity contribution is -0.137. The highest BCUT2D eigenvalue weighted by atomic mass is 19.4. The number of carbonyl (C=O) groups is 2. The Kier molecular flexibility index (Phi) is 6.86. The number of nitrogens with one attached hydrogen (secondary N) is 1. The summed E-state index contributed by atoms with van der Waals surface area (Å²) >= 11 is 0. The Labute approximate surface area is 199 Å². The molecule has 1 N–H and O–H groups in total. The van der Waals surface area contributed by atoms with Crippen LogP contribution < -0.4 is 5.32 Å². The molecular formula is C24H24F3N5O3. The summed E-state index contributed by atoms with van der Waals surface area (Å²) in [6.45, 7) is 3.88. The molecule has 1 aromatic carbocycles. The topological polar surface area (TPSA) is 101 Å². The molecule has 3 heterocycles. The van der Waals surface area contributed by atoms with Crippen LogP contribution in [0, 0.1) is 11.8 Å². The third-order valence-electron chi connectivity index (χ3n) is 5.80. The smallest absolute Gasteiger partial charge is 0.344 e. The zero-order valence-corrected chi connectivity index (χ0v) is 19.1. The van der Waals surface area contributed by atoms with Crippen molar-refractivity contribution < 1.29 is 27.3 Å². The van der Waals surface area contributed by atoms with Crippen LogP contribution in [-0.4, -0.2) is 38.4 Å². The van der Waals surface area contributed by atoms with E-state index in [9.17, 15) is 22.8 Å². The number of hydrogen-bond donors (Lipinski definition) is 1. The second-order valence-electron chi connectivity index (χ2n) is 8.80. The van der Waals surface area contributed by atoms with E-state index in [1.807, 2.05) is 13.8 Å². The van der Waals surface area contributed by atoms with Gasteiger partial charge in [0.2, 0.25) is 23.5 Å². The SMILES string of the molecule is CC(C)C(NC(=O)C1CC(=O)N(Cc2cccc(C(F)(F)F)c2)C1)c1nc(-c2cccnc2)no1. The fourth-order valence-corrected chi connectivity index (χ4v) is 3.93. The number of nitrogens with zero attached hydrogens (tertiary/aromatic N) is 4. The van der Waals surface area contributed by atoms with E-state index in [0.717, 1.165) is 12.1 Å². The molecule has 4 rings (SSSR count). The molecule has 1 fully saturated rings. The largest absolute Gasteiger partial charge is 0.416 e. The Hall–Kier alpha value is -3.76. The normalized spacial score (nSPS) is 17.1. The van der Waals surface area contributed by atoms with Crippen LogP contribution in [0.4, 0.5) is 13.2 Å². The zero-order chi connectivity index (χ0) is 25.2. The van der Waals surface area contributed by atoms with E-state index >= 15 is 0 Å². The number of pyridine rings is 1. The Morgan fingerprint density at radius 3 is 2.74 bits per heavy atom. The second kappa shape index (κ2) is 9.85. The lowest BCUT2D eigenvalue weighted by atomic mass is 10.0. The number of amides is 2. The molecule has 3 aromatic rings. The minimum absolute atomic E-state index is 0.00171. The second-order valence-corrected chi connectivity index (χ2v) is 8.80. The van der Waals surface area contributed by atoms with Gasteiger partial charge >= 0.3 is 6.18 Å². The lowest BCUT2D eigenvalue weighted by Crippen LogP contribution is -2.37. The summed E-state index contributed by atoms with van der Waals surface area (Å²) < 4.78 is 44.4. The fourth-order valence-electron chi connectivity index (χ4n) is 3.93. The van der Waals surface area contributed by atoms with Crippen LogP contribution >= 0.6 is 0 Å². The Balaban J connectivity index is 1.42. The molecule has 2 unspecified atom stereocenters. The van der Waals surface area contributed by atoms with E-state index in [1.165, 1.54) is 17.0 Å². The molecule has 0 saturated carbocycles. The van der Waals surface area contributed by atoms with Crippen LogP contribution in [0.1, 0.15) is 43.3 Å². The van der Waals surface area contributed by atoms with E-state index in [-0.39, 0.29) is 43.1 Å². The molecule has 35 heavy (non-hydrogen) atoms. The maximum Gasteiger partial charge on any atom is 0.416 e. The molecule has 2 atom stereocenters. The highest BCUT2D eigenvalue weighted by molar-refractivity contribution is 5.89. The van der Waals surface area contributed by atoms with Crippen molar-refractivity contribution in [3.8, 4) is 11.4 Å². The minimum atomic E-state index is -4.47. The standard InChI is InChI=1S/C24H24F3N5O3/c1-14(2)20(23-30-21(31-35-23)16-6-4-8-28-11-16)29-22(34)17-10-19(33)32(13-17)12-15-5-3-7-18(9-15)24(25,26)27/h3-9,11,14,17,20H,10,12-13H2,1-2H3,(H,29,34). The summed E-state index contributed by atoms with van der Waals surface area (Å²) in [7, 11) is 0. The van der Waals surface area contributed by atoms with Gasteiger partial charge in [0.15, 0.2) is 0 Å². The van der Waals surface area contributed by atoms with Crippen molar-refractivity contribution in [2.45, 2.75) is 39.0 Å². The van der Waals surface area contributed by atoms with E-state index in [0.29, 0.717) is 17.0 Å². The molecule has 0 aliphatic carbocycles. The zero-order valence-electron chi connectivity index (χ0n) is 19.1. The minimum Gasteiger partial charge on any atom is -0.344 e. The van der Waals surface area contributed by atoms with Gasteiger partial charge < -0.3 is 14.7 Å². The highest BCUT2D eigenvalue weighted by Crippen LogP contribution is 2.31. The predicted octanol–water partition coefficient (Wildman–Crippen LogP) is 4.01. The number of hydrogen-bond acceptors (Lipinski definition) is 6. The van der Waals surface area contributed by atoms with Gasteiger partial charge in [0, 0.05) is 37.5 Å². The van der Waals surface area contributed by atoms with E-state index in [1.54, 1.807) is 24.5 Å². The molecule has 0 spiro atoms. The maximum atomic E-state index is 13.0. The van der Waals surface area contributed by atoms with Gasteiger partial charge in [-0.2, -0.15) is 18.2 Å². The summed E-state index contributed by atoms with van der Waals surface area (Å²) in [6, 6.07) is 7.79. The van der Waals surface area contributed by atoms with Crippen LogP contribution in [0.15, 0.2) is 53.3 Å². The summed E-state index contributed by atoms with van der Waals surface area (Å²) in [5, 5.41) is 6.86. The summed E-state index contributed by atoms with van der Waals surface area (Å²) in [5.41, 5.74) is 0.243. The molecule has 1 saturated heterocycles. The van der Waals surface area contributed by atoms with Crippen LogP contribution in [-0.2, 0) is 22.3 Å². The molecule has 2 amide bonds. The Morgan fingerprint density at radius 1 is 1.26 bits per heavy atom. The van der Waals surface area contributed by atoms with Gasteiger partial charge in [-0.3, -0.25) is 14.6 Å². The average Bonchev–Trinajstić information content (AvgIpc) is 3.45. The van der Waals surface area contributed by atoms with Crippen molar-refractivity contribution in [3.05, 3.63) is 65.8 Å². The van der Waals surface area contributed by atoms with Crippen molar-refractivity contribution >= 4 is 11.8 Å². The van der Waals surface area contributed by atoms with Crippen LogP contribution in [0.5, 0.6) is 0 Å². The summed E-state index contributed by atoms with van der Waals surface area (Å²) in [6.07, 6.45) is -1.27. The lowest BCUT2D eigenvalue weighted by Gasteiger charge is -2.21. The van der Waals surface area contributed by atoms with Crippen molar-refractivity contribution in [1.29, 1.82) is 0 Å². The van der Waals surface area contributed by atoms with Crippen LogP contribution in [0.25, 0.3) is 11.4 Å². The monoisotopic (exact) mass is 487 g/mol. The van der Waals surface area contributed by atoms with E-state index in [2.05, 4.69) is 20.4 Å². The molecule has 11 heteroatoms. The van der Waals surface area contributed by atoms with Crippen molar-refractivity contribution in [2.75, 3.05) is 6.54 Å². The molecule has 0 bridgehead atoms. The van der Waals surface area contributed by atoms with Crippen LogP contribution in [0.3, 0.4) is 0 Å². The third-order valence-corrected chi connectivity index (χ3v) is 5.80. The summed E-state index contributed by atoms with van der Waals surface area (Å²) in [4.78, 5) is 35.3. The van der Waals surface area contributed by atoms with Gasteiger partial charge in [-0.15, -0.1) is 0 Å².